The highest BCUT2D eigenvalue weighted by Crippen LogP contribution is 2.26. The zero-order valence-electron chi connectivity index (χ0n) is 11.0. The summed E-state index contributed by atoms with van der Waals surface area (Å²) in [6.45, 7) is 9.40. The van der Waals surface area contributed by atoms with Gasteiger partial charge in [0, 0.05) is 19.1 Å². The van der Waals surface area contributed by atoms with Crippen molar-refractivity contribution in [1.29, 1.82) is 0 Å². The lowest BCUT2D eigenvalue weighted by Gasteiger charge is -2.28. The molecule has 0 aliphatic carbocycles. The molecule has 1 aromatic heterocycles. The number of imidazole rings is 1. The molecule has 4 nitrogen and oxygen atoms in total. The summed E-state index contributed by atoms with van der Waals surface area (Å²) in [5.74, 6) is 0.652. The molecular formula is C13H23N3O. The van der Waals surface area contributed by atoms with Crippen LogP contribution < -0.4 is 5.32 Å². The van der Waals surface area contributed by atoms with E-state index in [1.807, 2.05) is 12.5 Å². The molecule has 3 atom stereocenters. The summed E-state index contributed by atoms with van der Waals surface area (Å²) in [4.78, 5) is 4.29. The van der Waals surface area contributed by atoms with Gasteiger partial charge >= 0.3 is 0 Å². The Kier molecular flexibility index (Phi) is 4.18. The van der Waals surface area contributed by atoms with Gasteiger partial charge in [-0.15, -0.1) is 0 Å². The minimum Gasteiger partial charge on any atom is -0.369 e. The Labute approximate surface area is 103 Å². The molecule has 1 aromatic rings. The van der Waals surface area contributed by atoms with E-state index in [-0.39, 0.29) is 6.10 Å². The lowest BCUT2D eigenvalue weighted by atomic mass is 10.0. The maximum Gasteiger partial charge on any atom is 0.111 e. The smallest absolute Gasteiger partial charge is 0.111 e. The highest BCUT2D eigenvalue weighted by atomic mass is 16.5. The number of nitrogens with one attached hydrogen (secondary N) is 1. The summed E-state index contributed by atoms with van der Waals surface area (Å²) in [6, 6.07) is 0.475. The van der Waals surface area contributed by atoms with Gasteiger partial charge in [0.25, 0.3) is 0 Å². The van der Waals surface area contributed by atoms with E-state index in [2.05, 4.69) is 35.6 Å². The molecule has 1 aliphatic rings. The summed E-state index contributed by atoms with van der Waals surface area (Å²) < 4.78 is 8.07. The summed E-state index contributed by atoms with van der Waals surface area (Å²) >= 11 is 0. The summed E-state index contributed by atoms with van der Waals surface area (Å²) in [6.07, 6.45) is 5.21. The molecule has 0 amide bonds. The third-order valence-corrected chi connectivity index (χ3v) is 3.86. The Balaban J connectivity index is 2.15. The molecule has 1 aliphatic heterocycles. The highest BCUT2D eigenvalue weighted by Gasteiger charge is 2.23. The summed E-state index contributed by atoms with van der Waals surface area (Å²) in [5, 5.41) is 3.37. The molecule has 3 unspecified atom stereocenters. The third-order valence-electron chi connectivity index (χ3n) is 3.86. The molecular weight excluding hydrogens is 214 g/mol. The van der Waals surface area contributed by atoms with Crippen molar-refractivity contribution in [2.45, 2.75) is 39.3 Å². The van der Waals surface area contributed by atoms with Crippen molar-refractivity contribution in [1.82, 2.24) is 14.9 Å². The van der Waals surface area contributed by atoms with Gasteiger partial charge in [-0.3, -0.25) is 0 Å². The minimum atomic E-state index is 0.151. The number of hydrogen-bond acceptors (Lipinski definition) is 3. The molecule has 17 heavy (non-hydrogen) atoms. The fraction of sp³-hybridized carbons (Fsp3) is 0.769. The predicted octanol–water partition coefficient (Wildman–Crippen LogP) is 2.15. The molecule has 0 spiro atoms. The molecule has 4 heteroatoms. The van der Waals surface area contributed by atoms with E-state index in [1.165, 1.54) is 12.1 Å². The van der Waals surface area contributed by atoms with Gasteiger partial charge in [0.05, 0.1) is 24.8 Å². The molecule has 0 aromatic carbocycles. The zero-order chi connectivity index (χ0) is 12.3. The highest BCUT2D eigenvalue weighted by molar-refractivity contribution is 5.06. The molecule has 2 rings (SSSR count). The first-order valence-corrected chi connectivity index (χ1v) is 6.58. The standard InChI is InChI=1S/C13H23N3O/c1-4-10(2)11(3)16-9-15-7-12(16)13-8-14-5-6-17-13/h7,9-11,13-14H,4-6,8H2,1-3H3. The van der Waals surface area contributed by atoms with Crippen LogP contribution in [0.1, 0.15) is 45.0 Å². The predicted molar refractivity (Wildman–Crippen MR) is 68.0 cm³/mol. The topological polar surface area (TPSA) is 39.1 Å². The van der Waals surface area contributed by atoms with Gasteiger partial charge in [-0.2, -0.15) is 0 Å². The van der Waals surface area contributed by atoms with E-state index in [4.69, 9.17) is 4.74 Å². The van der Waals surface area contributed by atoms with E-state index >= 15 is 0 Å². The van der Waals surface area contributed by atoms with Gasteiger partial charge in [-0.1, -0.05) is 20.3 Å². The van der Waals surface area contributed by atoms with Crippen LogP contribution in [0.15, 0.2) is 12.5 Å². The molecule has 2 heterocycles. The lowest BCUT2D eigenvalue weighted by molar-refractivity contribution is 0.0214. The number of aromatic nitrogens is 2. The third kappa shape index (κ3) is 2.69. The quantitative estimate of drug-likeness (QED) is 0.872. The minimum absolute atomic E-state index is 0.151. The molecule has 1 N–H and O–H groups in total. The van der Waals surface area contributed by atoms with Gasteiger partial charge in [-0.25, -0.2) is 4.98 Å². The maximum atomic E-state index is 5.80. The first-order valence-electron chi connectivity index (χ1n) is 6.58. The van der Waals surface area contributed by atoms with Gasteiger partial charge in [0.2, 0.25) is 0 Å². The second kappa shape index (κ2) is 5.65. The van der Waals surface area contributed by atoms with Crippen LogP contribution in [0, 0.1) is 5.92 Å². The van der Waals surface area contributed by atoms with Crippen molar-refractivity contribution < 1.29 is 4.74 Å². The van der Waals surface area contributed by atoms with Gasteiger partial charge in [0.1, 0.15) is 6.10 Å². The number of nitrogens with zero attached hydrogens (tertiary/aromatic N) is 2. The first kappa shape index (κ1) is 12.6. The first-order chi connectivity index (χ1) is 8.24. The van der Waals surface area contributed by atoms with Crippen LogP contribution in [0.2, 0.25) is 0 Å². The van der Waals surface area contributed by atoms with Crippen molar-refractivity contribution in [2.24, 2.45) is 5.92 Å². The van der Waals surface area contributed by atoms with E-state index in [0.717, 1.165) is 19.7 Å². The van der Waals surface area contributed by atoms with E-state index in [1.54, 1.807) is 0 Å². The Hall–Kier alpha value is -0.870. The largest absolute Gasteiger partial charge is 0.369 e. The number of morpholine rings is 1. The van der Waals surface area contributed by atoms with Crippen molar-refractivity contribution in [3.63, 3.8) is 0 Å². The maximum absolute atomic E-state index is 5.80. The van der Waals surface area contributed by atoms with Crippen molar-refractivity contribution in [2.75, 3.05) is 19.7 Å². The van der Waals surface area contributed by atoms with Crippen LogP contribution in [-0.2, 0) is 4.74 Å². The Morgan fingerprint density at radius 3 is 3.06 bits per heavy atom. The fourth-order valence-corrected chi connectivity index (χ4v) is 2.28. The fourth-order valence-electron chi connectivity index (χ4n) is 2.28. The van der Waals surface area contributed by atoms with Crippen molar-refractivity contribution >= 4 is 0 Å². The van der Waals surface area contributed by atoms with E-state index in [9.17, 15) is 0 Å². The number of rotatable bonds is 4. The average molecular weight is 237 g/mol. The molecule has 0 bridgehead atoms. The van der Waals surface area contributed by atoms with Crippen molar-refractivity contribution in [3.8, 4) is 0 Å². The van der Waals surface area contributed by atoms with Crippen molar-refractivity contribution in [3.05, 3.63) is 18.2 Å². The monoisotopic (exact) mass is 237 g/mol. The lowest BCUT2D eigenvalue weighted by Crippen LogP contribution is -2.34. The SMILES string of the molecule is CCC(C)C(C)n1cncc1C1CNCCO1. The van der Waals surface area contributed by atoms with E-state index < -0.39 is 0 Å². The molecule has 96 valence electrons. The summed E-state index contributed by atoms with van der Waals surface area (Å²) in [7, 11) is 0. The Morgan fingerprint density at radius 1 is 1.59 bits per heavy atom. The summed E-state index contributed by atoms with van der Waals surface area (Å²) in [5.41, 5.74) is 1.20. The molecule has 0 saturated carbocycles. The van der Waals surface area contributed by atoms with Crippen LogP contribution in [0.25, 0.3) is 0 Å². The molecule has 0 radical (unpaired) electrons. The second-order valence-electron chi connectivity index (χ2n) is 4.92. The van der Waals surface area contributed by atoms with Gasteiger partial charge < -0.3 is 14.6 Å². The van der Waals surface area contributed by atoms with Crippen LogP contribution >= 0.6 is 0 Å². The zero-order valence-corrected chi connectivity index (χ0v) is 11.0. The molecule has 1 saturated heterocycles. The molecule has 1 fully saturated rings. The Morgan fingerprint density at radius 2 is 2.41 bits per heavy atom. The normalized spacial score (nSPS) is 24.5. The number of ether oxygens (including phenoxy) is 1. The van der Waals surface area contributed by atoms with Crippen LogP contribution in [0.3, 0.4) is 0 Å². The van der Waals surface area contributed by atoms with Gasteiger partial charge in [-0.05, 0) is 12.8 Å². The van der Waals surface area contributed by atoms with Gasteiger partial charge in [0.15, 0.2) is 0 Å². The van der Waals surface area contributed by atoms with Crippen LogP contribution in [0.5, 0.6) is 0 Å². The van der Waals surface area contributed by atoms with Crippen LogP contribution in [0.4, 0.5) is 0 Å². The van der Waals surface area contributed by atoms with E-state index in [0.29, 0.717) is 12.0 Å². The number of hydrogen-bond donors (Lipinski definition) is 1. The average Bonchev–Trinajstić information content (AvgIpc) is 2.87. The van der Waals surface area contributed by atoms with Crippen LogP contribution in [-0.4, -0.2) is 29.2 Å². The Bertz CT molecular complexity index is 328. The second-order valence-corrected chi connectivity index (χ2v) is 4.92.